The summed E-state index contributed by atoms with van der Waals surface area (Å²) in [6, 6.07) is 15.9. The zero-order valence-corrected chi connectivity index (χ0v) is 19.7. The smallest absolute Gasteiger partial charge is 0.263 e. The fourth-order valence-corrected chi connectivity index (χ4v) is 5.73. The molecule has 0 radical (unpaired) electrons. The van der Waals surface area contributed by atoms with Gasteiger partial charge in [-0.05, 0) is 36.8 Å². The summed E-state index contributed by atoms with van der Waals surface area (Å²) in [7, 11) is -3.67. The zero-order valence-electron chi connectivity index (χ0n) is 17.3. The third kappa shape index (κ3) is 5.59. The van der Waals surface area contributed by atoms with E-state index in [1.165, 1.54) is 23.5 Å². The van der Waals surface area contributed by atoms with Crippen LogP contribution in [-0.4, -0.2) is 50.4 Å². The van der Waals surface area contributed by atoms with Crippen LogP contribution in [0.3, 0.4) is 0 Å². The molecule has 1 N–H and O–H groups in total. The van der Waals surface area contributed by atoms with Crippen molar-refractivity contribution in [1.29, 1.82) is 0 Å². The van der Waals surface area contributed by atoms with Crippen LogP contribution in [0.25, 0.3) is 0 Å². The average Bonchev–Trinajstić information content (AvgIpc) is 3.25. The standard InChI is InChI=1S/C22H23ClN4O3S2/c23-17-5-4-6-19(15-17)26-11-13-27(14-12-26)21(28)10-9-18-16-31-22(24-18)25-32(29,30)20-7-2-1-3-8-20/h1-8,15-16H,9-14H2,(H,24,25). The number of thiazole rings is 1. The van der Waals surface area contributed by atoms with Gasteiger partial charge in [-0.2, -0.15) is 0 Å². The number of amides is 1. The van der Waals surface area contributed by atoms with Gasteiger partial charge in [0.2, 0.25) is 5.91 Å². The number of sulfonamides is 1. The van der Waals surface area contributed by atoms with Gasteiger partial charge in [0, 0.05) is 48.7 Å². The Morgan fingerprint density at radius 1 is 1.06 bits per heavy atom. The maximum atomic E-state index is 12.6. The molecule has 1 amide bonds. The number of nitrogens with zero attached hydrogens (tertiary/aromatic N) is 3. The number of piperazine rings is 1. The number of nitrogens with one attached hydrogen (secondary N) is 1. The monoisotopic (exact) mass is 490 g/mol. The van der Waals surface area contributed by atoms with Crippen molar-refractivity contribution in [3.63, 3.8) is 0 Å². The Bertz CT molecular complexity index is 1180. The molecule has 7 nitrogen and oxygen atoms in total. The summed E-state index contributed by atoms with van der Waals surface area (Å²) in [4.78, 5) is 21.2. The molecule has 0 atom stereocenters. The molecular weight excluding hydrogens is 468 g/mol. The van der Waals surface area contributed by atoms with Crippen LogP contribution in [0.4, 0.5) is 10.8 Å². The van der Waals surface area contributed by atoms with Crippen LogP contribution in [0.5, 0.6) is 0 Å². The van der Waals surface area contributed by atoms with Crippen molar-refractivity contribution < 1.29 is 13.2 Å². The van der Waals surface area contributed by atoms with E-state index in [9.17, 15) is 13.2 Å². The first kappa shape index (κ1) is 22.6. The fraction of sp³-hybridized carbons (Fsp3) is 0.273. The topological polar surface area (TPSA) is 82.6 Å². The summed E-state index contributed by atoms with van der Waals surface area (Å²) in [5.74, 6) is 0.0789. The molecule has 0 saturated carbocycles. The van der Waals surface area contributed by atoms with Crippen LogP contribution in [0, 0.1) is 0 Å². The van der Waals surface area contributed by atoms with E-state index < -0.39 is 10.0 Å². The molecular formula is C22H23ClN4O3S2. The molecule has 1 aliphatic rings. The lowest BCUT2D eigenvalue weighted by molar-refractivity contribution is -0.131. The van der Waals surface area contributed by atoms with Crippen LogP contribution in [0.2, 0.25) is 5.02 Å². The van der Waals surface area contributed by atoms with Crippen LogP contribution >= 0.6 is 22.9 Å². The second-order valence-electron chi connectivity index (χ2n) is 7.41. The van der Waals surface area contributed by atoms with Gasteiger partial charge in [-0.25, -0.2) is 13.4 Å². The van der Waals surface area contributed by atoms with Crippen molar-refractivity contribution in [3.05, 3.63) is 70.7 Å². The third-order valence-electron chi connectivity index (χ3n) is 5.23. The van der Waals surface area contributed by atoms with Gasteiger partial charge in [-0.15, -0.1) is 11.3 Å². The van der Waals surface area contributed by atoms with Crippen molar-refractivity contribution in [2.45, 2.75) is 17.7 Å². The van der Waals surface area contributed by atoms with E-state index in [4.69, 9.17) is 11.6 Å². The maximum Gasteiger partial charge on any atom is 0.263 e. The quantitative estimate of drug-likeness (QED) is 0.543. The zero-order chi connectivity index (χ0) is 22.6. The van der Waals surface area contributed by atoms with Crippen LogP contribution < -0.4 is 9.62 Å². The van der Waals surface area contributed by atoms with E-state index in [0.717, 1.165) is 18.8 Å². The van der Waals surface area contributed by atoms with Gasteiger partial charge in [0.25, 0.3) is 10.0 Å². The van der Waals surface area contributed by atoms with E-state index in [2.05, 4.69) is 14.6 Å². The van der Waals surface area contributed by atoms with Gasteiger partial charge in [-0.3, -0.25) is 9.52 Å². The van der Waals surface area contributed by atoms with E-state index in [1.54, 1.807) is 23.6 Å². The van der Waals surface area contributed by atoms with Crippen molar-refractivity contribution >= 4 is 49.7 Å². The highest BCUT2D eigenvalue weighted by Gasteiger charge is 2.22. The number of aromatic nitrogens is 1. The molecule has 3 aromatic rings. The Balaban J connectivity index is 1.27. The second-order valence-corrected chi connectivity index (χ2v) is 10.4. The number of carbonyl (C=O) groups excluding carboxylic acids is 1. The van der Waals surface area contributed by atoms with Crippen LogP contribution in [0.1, 0.15) is 12.1 Å². The van der Waals surface area contributed by atoms with E-state index in [1.807, 2.05) is 29.2 Å². The highest BCUT2D eigenvalue weighted by atomic mass is 35.5. The Morgan fingerprint density at radius 2 is 1.81 bits per heavy atom. The molecule has 0 aliphatic carbocycles. The lowest BCUT2D eigenvalue weighted by Crippen LogP contribution is -2.48. The Hall–Kier alpha value is -2.62. The fourth-order valence-electron chi connectivity index (χ4n) is 3.52. The average molecular weight is 491 g/mol. The predicted octanol–water partition coefficient (Wildman–Crippen LogP) is 3.88. The molecule has 2 aromatic carbocycles. The number of anilines is 2. The Labute approximate surface area is 196 Å². The van der Waals surface area contributed by atoms with Gasteiger partial charge in [0.15, 0.2) is 5.13 Å². The highest BCUT2D eigenvalue weighted by Crippen LogP contribution is 2.22. The van der Waals surface area contributed by atoms with Gasteiger partial charge < -0.3 is 9.80 Å². The minimum absolute atomic E-state index is 0.0789. The molecule has 32 heavy (non-hydrogen) atoms. The van der Waals surface area contributed by atoms with Crippen molar-refractivity contribution in [2.24, 2.45) is 0 Å². The summed E-state index contributed by atoms with van der Waals surface area (Å²) < 4.78 is 27.3. The largest absolute Gasteiger partial charge is 0.368 e. The summed E-state index contributed by atoms with van der Waals surface area (Å²) in [5.41, 5.74) is 1.77. The highest BCUT2D eigenvalue weighted by molar-refractivity contribution is 7.93. The lowest BCUT2D eigenvalue weighted by Gasteiger charge is -2.36. The van der Waals surface area contributed by atoms with Gasteiger partial charge in [0.1, 0.15) is 0 Å². The first-order valence-electron chi connectivity index (χ1n) is 10.2. The number of carbonyl (C=O) groups is 1. The maximum absolute atomic E-state index is 12.6. The molecule has 168 valence electrons. The van der Waals surface area contributed by atoms with Gasteiger partial charge in [0.05, 0.1) is 10.6 Å². The van der Waals surface area contributed by atoms with Crippen LogP contribution in [-0.2, 0) is 21.2 Å². The lowest BCUT2D eigenvalue weighted by atomic mass is 10.2. The predicted molar refractivity (Wildman–Crippen MR) is 128 cm³/mol. The van der Waals surface area contributed by atoms with Gasteiger partial charge >= 0.3 is 0 Å². The molecule has 0 unspecified atom stereocenters. The van der Waals surface area contributed by atoms with Crippen molar-refractivity contribution in [1.82, 2.24) is 9.88 Å². The summed E-state index contributed by atoms with van der Waals surface area (Å²) in [6.45, 7) is 2.83. The number of aryl methyl sites for hydroxylation is 1. The molecule has 1 fully saturated rings. The first-order valence-corrected chi connectivity index (χ1v) is 13.0. The number of hydrogen-bond acceptors (Lipinski definition) is 6. The first-order chi connectivity index (χ1) is 15.4. The molecule has 1 aliphatic heterocycles. The second kappa shape index (κ2) is 9.89. The number of hydrogen-bond donors (Lipinski definition) is 1. The number of benzene rings is 2. The van der Waals surface area contributed by atoms with Crippen molar-refractivity contribution in [2.75, 3.05) is 35.8 Å². The summed E-state index contributed by atoms with van der Waals surface area (Å²) >= 11 is 7.29. The summed E-state index contributed by atoms with van der Waals surface area (Å²) in [5, 5.41) is 2.79. The molecule has 0 bridgehead atoms. The SMILES string of the molecule is O=C(CCc1csc(NS(=O)(=O)c2ccccc2)n1)N1CCN(c2cccc(Cl)c2)CC1. The Morgan fingerprint density at radius 3 is 2.53 bits per heavy atom. The number of rotatable bonds is 7. The van der Waals surface area contributed by atoms with E-state index >= 15 is 0 Å². The molecule has 0 spiro atoms. The van der Waals surface area contributed by atoms with E-state index in [0.29, 0.717) is 41.8 Å². The van der Waals surface area contributed by atoms with Crippen LogP contribution in [0.15, 0.2) is 64.9 Å². The minimum Gasteiger partial charge on any atom is -0.368 e. The van der Waals surface area contributed by atoms with Crippen molar-refractivity contribution in [3.8, 4) is 0 Å². The summed E-state index contributed by atoms with van der Waals surface area (Å²) in [6.07, 6.45) is 0.808. The normalized spacial score (nSPS) is 14.4. The molecule has 4 rings (SSSR count). The molecule has 1 saturated heterocycles. The number of halogens is 1. The molecule has 2 heterocycles. The molecule has 10 heteroatoms. The van der Waals surface area contributed by atoms with Gasteiger partial charge in [-0.1, -0.05) is 35.9 Å². The Kier molecular flexibility index (Phi) is 6.98. The molecule has 1 aromatic heterocycles. The third-order valence-corrected chi connectivity index (χ3v) is 7.75. The minimum atomic E-state index is -3.67. The van der Waals surface area contributed by atoms with E-state index in [-0.39, 0.29) is 10.8 Å².